The largest absolute Gasteiger partial charge is 0.272 e. The average molecular weight is 295 g/mol. The minimum atomic E-state index is 0.585. The maximum atomic E-state index is 5.20. The second-order valence-corrected chi connectivity index (χ2v) is 5.58. The second kappa shape index (κ2) is 4.26. The lowest BCUT2D eigenvalue weighted by Gasteiger charge is -2.02. The number of H-pyrrole nitrogens is 1. The van der Waals surface area contributed by atoms with E-state index in [9.17, 15) is 0 Å². The van der Waals surface area contributed by atoms with Gasteiger partial charge in [-0.2, -0.15) is 10.2 Å². The van der Waals surface area contributed by atoms with Crippen LogP contribution in [0.1, 0.15) is 11.1 Å². The lowest BCUT2D eigenvalue weighted by atomic mass is 10.0. The molecule has 0 saturated carbocycles. The van der Waals surface area contributed by atoms with Gasteiger partial charge in [0.25, 0.3) is 0 Å². The molecule has 1 aromatic carbocycles. The number of aromatic amines is 1. The van der Waals surface area contributed by atoms with E-state index in [0.717, 1.165) is 22.4 Å². The highest BCUT2D eigenvalue weighted by Gasteiger charge is 2.11. The van der Waals surface area contributed by atoms with Crippen LogP contribution in [0.2, 0.25) is 0 Å². The Labute approximate surface area is 125 Å². The van der Waals surface area contributed by atoms with Crippen LogP contribution in [0.15, 0.2) is 36.7 Å². The second-order valence-electron chi connectivity index (χ2n) is 5.20. The highest BCUT2D eigenvalue weighted by Crippen LogP contribution is 2.25. The minimum Gasteiger partial charge on any atom is -0.272 e. The van der Waals surface area contributed by atoms with E-state index in [-0.39, 0.29) is 0 Å². The first-order valence-corrected chi connectivity index (χ1v) is 7.07. The number of aromatic nitrogens is 5. The van der Waals surface area contributed by atoms with E-state index in [1.165, 1.54) is 11.1 Å². The van der Waals surface area contributed by atoms with Crippen molar-refractivity contribution in [1.82, 2.24) is 24.2 Å². The van der Waals surface area contributed by atoms with Crippen molar-refractivity contribution in [1.29, 1.82) is 0 Å². The van der Waals surface area contributed by atoms with Crippen LogP contribution in [0, 0.1) is 18.6 Å². The summed E-state index contributed by atoms with van der Waals surface area (Å²) in [5, 5.41) is 11.7. The van der Waals surface area contributed by atoms with Gasteiger partial charge in [-0.15, -0.1) is 0 Å². The Bertz CT molecular complexity index is 1040. The highest BCUT2D eigenvalue weighted by molar-refractivity contribution is 7.71. The van der Waals surface area contributed by atoms with Gasteiger partial charge >= 0.3 is 0 Å². The minimum absolute atomic E-state index is 0.585. The summed E-state index contributed by atoms with van der Waals surface area (Å²) in [6, 6.07) is 8.43. The molecule has 104 valence electrons. The molecule has 5 nitrogen and oxygen atoms in total. The zero-order valence-corrected chi connectivity index (χ0v) is 12.5. The van der Waals surface area contributed by atoms with Crippen LogP contribution in [0.5, 0.6) is 0 Å². The van der Waals surface area contributed by atoms with E-state index in [2.05, 4.69) is 47.3 Å². The molecule has 1 N–H and O–H groups in total. The van der Waals surface area contributed by atoms with E-state index in [4.69, 9.17) is 12.2 Å². The number of nitrogens with zero attached hydrogens (tertiary/aromatic N) is 4. The van der Waals surface area contributed by atoms with Gasteiger partial charge in [-0.3, -0.25) is 9.50 Å². The van der Waals surface area contributed by atoms with E-state index in [0.29, 0.717) is 4.77 Å². The Morgan fingerprint density at radius 1 is 1.14 bits per heavy atom. The van der Waals surface area contributed by atoms with Gasteiger partial charge in [0.1, 0.15) is 5.52 Å². The molecule has 0 aliphatic carbocycles. The summed E-state index contributed by atoms with van der Waals surface area (Å²) in [4.78, 5) is 0. The van der Waals surface area contributed by atoms with Crippen molar-refractivity contribution in [2.24, 2.45) is 0 Å². The van der Waals surface area contributed by atoms with Gasteiger partial charge in [0.05, 0.1) is 5.69 Å². The first kappa shape index (κ1) is 12.3. The standard InChI is InChI=1S/C15H13N5S/c1-9-3-4-11(10(2)7-9)12-8-13-14-16-17-15(21)19(14)5-6-20(13)18-12/h3-8H,1-2H3,(H,17,21). The Morgan fingerprint density at radius 3 is 2.81 bits per heavy atom. The molecule has 0 amide bonds. The normalized spacial score (nSPS) is 11.5. The van der Waals surface area contributed by atoms with Gasteiger partial charge in [-0.1, -0.05) is 23.8 Å². The number of hydrogen-bond acceptors (Lipinski definition) is 3. The summed E-state index contributed by atoms with van der Waals surface area (Å²) in [7, 11) is 0. The van der Waals surface area contributed by atoms with E-state index in [1.807, 2.05) is 27.4 Å². The maximum absolute atomic E-state index is 5.20. The zero-order chi connectivity index (χ0) is 14.6. The molecule has 0 spiro atoms. The molecule has 3 aromatic heterocycles. The first-order chi connectivity index (χ1) is 10.1. The van der Waals surface area contributed by atoms with E-state index < -0.39 is 0 Å². The monoisotopic (exact) mass is 295 g/mol. The van der Waals surface area contributed by atoms with Crippen LogP contribution in [0.3, 0.4) is 0 Å². The summed E-state index contributed by atoms with van der Waals surface area (Å²) in [5.41, 5.74) is 6.26. The Morgan fingerprint density at radius 2 is 2.00 bits per heavy atom. The number of benzene rings is 1. The number of hydrogen-bond donors (Lipinski definition) is 1. The quantitative estimate of drug-likeness (QED) is 0.548. The Balaban J connectivity index is 2.02. The van der Waals surface area contributed by atoms with E-state index >= 15 is 0 Å². The topological polar surface area (TPSA) is 50.4 Å². The van der Waals surface area contributed by atoms with Crippen LogP contribution in [-0.2, 0) is 0 Å². The fourth-order valence-electron chi connectivity index (χ4n) is 2.66. The predicted molar refractivity (Wildman–Crippen MR) is 84.0 cm³/mol. The number of fused-ring (bicyclic) bond motifs is 3. The van der Waals surface area contributed by atoms with Gasteiger partial charge in [-0.25, -0.2) is 4.52 Å². The lowest BCUT2D eigenvalue weighted by molar-refractivity contribution is 0.941. The van der Waals surface area contributed by atoms with Crippen LogP contribution in [0.4, 0.5) is 0 Å². The van der Waals surface area contributed by atoms with E-state index in [1.54, 1.807) is 0 Å². The van der Waals surface area contributed by atoms with Crippen molar-refractivity contribution >= 4 is 23.4 Å². The molecule has 6 heteroatoms. The van der Waals surface area contributed by atoms with Crippen molar-refractivity contribution in [3.8, 4) is 11.3 Å². The van der Waals surface area contributed by atoms with Crippen LogP contribution in [-0.4, -0.2) is 24.2 Å². The molecule has 0 aliphatic heterocycles. The van der Waals surface area contributed by atoms with Crippen molar-refractivity contribution in [2.75, 3.05) is 0 Å². The number of aryl methyl sites for hydroxylation is 2. The number of rotatable bonds is 1. The van der Waals surface area contributed by atoms with Gasteiger partial charge in [0, 0.05) is 18.0 Å². The van der Waals surface area contributed by atoms with Crippen LogP contribution in [0.25, 0.3) is 22.4 Å². The summed E-state index contributed by atoms with van der Waals surface area (Å²) in [6.07, 6.45) is 3.76. The SMILES string of the molecule is Cc1ccc(-c2cc3c4n[nH]c(=S)n4ccn3n2)c(C)c1. The van der Waals surface area contributed by atoms with Gasteiger partial charge < -0.3 is 0 Å². The van der Waals surface area contributed by atoms with Gasteiger partial charge in [0.15, 0.2) is 10.4 Å². The Kier molecular flexibility index (Phi) is 2.49. The first-order valence-electron chi connectivity index (χ1n) is 6.66. The molecule has 0 radical (unpaired) electrons. The molecule has 0 bridgehead atoms. The van der Waals surface area contributed by atoms with Gasteiger partial charge in [0.2, 0.25) is 0 Å². The summed E-state index contributed by atoms with van der Waals surface area (Å²) in [5.74, 6) is 0. The summed E-state index contributed by atoms with van der Waals surface area (Å²) >= 11 is 5.20. The average Bonchev–Trinajstić information content (AvgIpc) is 3.02. The smallest absolute Gasteiger partial charge is 0.199 e. The summed E-state index contributed by atoms with van der Waals surface area (Å²) < 4.78 is 4.26. The molecular formula is C15H13N5S. The van der Waals surface area contributed by atoms with Crippen LogP contribution < -0.4 is 0 Å². The maximum Gasteiger partial charge on any atom is 0.199 e. The molecule has 0 fully saturated rings. The highest BCUT2D eigenvalue weighted by atomic mass is 32.1. The third-order valence-electron chi connectivity index (χ3n) is 3.68. The summed E-state index contributed by atoms with van der Waals surface area (Å²) in [6.45, 7) is 4.20. The molecule has 4 aromatic rings. The van der Waals surface area contributed by atoms with Crippen LogP contribution >= 0.6 is 12.2 Å². The molecule has 0 saturated heterocycles. The third kappa shape index (κ3) is 1.80. The zero-order valence-electron chi connectivity index (χ0n) is 11.7. The molecule has 0 aliphatic rings. The predicted octanol–water partition coefficient (Wildman–Crippen LogP) is 3.32. The van der Waals surface area contributed by atoms with Crippen molar-refractivity contribution < 1.29 is 0 Å². The molecule has 0 unspecified atom stereocenters. The number of nitrogens with one attached hydrogen (secondary N) is 1. The molecule has 3 heterocycles. The fraction of sp³-hybridized carbons (Fsp3) is 0.133. The third-order valence-corrected chi connectivity index (χ3v) is 3.97. The molecule has 4 rings (SSSR count). The lowest BCUT2D eigenvalue weighted by Crippen LogP contribution is -1.92. The van der Waals surface area contributed by atoms with Crippen molar-refractivity contribution in [2.45, 2.75) is 13.8 Å². The fourth-order valence-corrected chi connectivity index (χ4v) is 2.85. The molecule has 0 atom stereocenters. The van der Waals surface area contributed by atoms with Crippen molar-refractivity contribution in [3.05, 3.63) is 52.6 Å². The van der Waals surface area contributed by atoms with Crippen molar-refractivity contribution in [3.63, 3.8) is 0 Å². The molecular weight excluding hydrogens is 282 g/mol. The van der Waals surface area contributed by atoms with Gasteiger partial charge in [-0.05, 0) is 37.7 Å². The molecule has 21 heavy (non-hydrogen) atoms. The Hall–Kier alpha value is -2.47.